The van der Waals surface area contributed by atoms with Gasteiger partial charge >= 0.3 is 5.69 Å². The molecule has 0 saturated heterocycles. The van der Waals surface area contributed by atoms with Crippen molar-refractivity contribution in [1.29, 1.82) is 0 Å². The molecule has 1 aromatic heterocycles. The Labute approximate surface area is 145 Å². The van der Waals surface area contributed by atoms with Crippen molar-refractivity contribution in [3.05, 3.63) is 64.1 Å². The van der Waals surface area contributed by atoms with E-state index in [2.05, 4.69) is 5.32 Å². The number of aryl methyl sites for hydroxylation is 2. The number of aromatic nitrogens is 2. The van der Waals surface area contributed by atoms with Gasteiger partial charge in [0.15, 0.2) is 0 Å². The zero-order valence-electron chi connectivity index (χ0n) is 14.6. The number of nitrogens with zero attached hydrogens (tertiary/aromatic N) is 2. The molecule has 0 fully saturated rings. The van der Waals surface area contributed by atoms with Gasteiger partial charge in [0.1, 0.15) is 5.75 Å². The highest BCUT2D eigenvalue weighted by Gasteiger charge is 2.09. The van der Waals surface area contributed by atoms with E-state index in [0.29, 0.717) is 24.3 Å². The van der Waals surface area contributed by atoms with E-state index in [1.165, 1.54) is 0 Å². The summed E-state index contributed by atoms with van der Waals surface area (Å²) in [6.45, 7) is 0.516. The molecule has 1 amide bonds. The van der Waals surface area contributed by atoms with E-state index in [0.717, 1.165) is 16.6 Å². The Morgan fingerprint density at radius 1 is 1.08 bits per heavy atom. The first-order valence-corrected chi connectivity index (χ1v) is 8.08. The van der Waals surface area contributed by atoms with Crippen LogP contribution in [0.5, 0.6) is 5.75 Å². The molecule has 0 spiro atoms. The first-order valence-electron chi connectivity index (χ1n) is 8.08. The largest absolute Gasteiger partial charge is 0.497 e. The van der Waals surface area contributed by atoms with Gasteiger partial charge in [0.25, 0.3) is 5.91 Å². The molecule has 0 bridgehead atoms. The van der Waals surface area contributed by atoms with Crippen LogP contribution in [0.2, 0.25) is 0 Å². The molecule has 0 unspecified atom stereocenters. The van der Waals surface area contributed by atoms with Crippen LogP contribution >= 0.6 is 0 Å². The number of nitrogens with one attached hydrogen (secondary N) is 1. The van der Waals surface area contributed by atoms with Gasteiger partial charge < -0.3 is 10.1 Å². The lowest BCUT2D eigenvalue weighted by molar-refractivity contribution is 0.0954. The standard InChI is InChI=1S/C19H21N3O3/c1-21-16-8-7-13(11-17(16)22(2)19(21)24)9-10-20-18(23)14-5-4-6-15(12-14)25-3/h4-8,11-12H,9-10H2,1-3H3,(H,20,23). The van der Waals surface area contributed by atoms with Gasteiger partial charge in [-0.05, 0) is 42.3 Å². The van der Waals surface area contributed by atoms with Crippen LogP contribution in [-0.4, -0.2) is 28.7 Å². The number of methoxy groups -OCH3 is 1. The average molecular weight is 339 g/mol. The van der Waals surface area contributed by atoms with E-state index >= 15 is 0 Å². The van der Waals surface area contributed by atoms with Crippen molar-refractivity contribution in [3.63, 3.8) is 0 Å². The van der Waals surface area contributed by atoms with Crippen molar-refractivity contribution in [2.45, 2.75) is 6.42 Å². The summed E-state index contributed by atoms with van der Waals surface area (Å²) in [5.74, 6) is 0.523. The molecule has 6 heteroatoms. The average Bonchev–Trinajstić information content (AvgIpc) is 2.86. The van der Waals surface area contributed by atoms with E-state index in [4.69, 9.17) is 4.74 Å². The predicted molar refractivity (Wildman–Crippen MR) is 97.2 cm³/mol. The number of ether oxygens (including phenoxy) is 1. The molecule has 0 aliphatic carbocycles. The first kappa shape index (κ1) is 16.8. The molecule has 0 aliphatic rings. The van der Waals surface area contributed by atoms with Crippen LogP contribution < -0.4 is 15.7 Å². The van der Waals surface area contributed by atoms with Crippen LogP contribution in [0, 0.1) is 0 Å². The van der Waals surface area contributed by atoms with Crippen molar-refractivity contribution in [1.82, 2.24) is 14.5 Å². The van der Waals surface area contributed by atoms with Crippen LogP contribution in [0.4, 0.5) is 0 Å². The molecule has 0 atom stereocenters. The number of imidazole rings is 1. The van der Waals surface area contributed by atoms with Crippen molar-refractivity contribution < 1.29 is 9.53 Å². The minimum absolute atomic E-state index is 0.0431. The van der Waals surface area contributed by atoms with Crippen molar-refractivity contribution in [2.24, 2.45) is 14.1 Å². The second kappa shape index (κ2) is 6.84. The van der Waals surface area contributed by atoms with Gasteiger partial charge in [-0.2, -0.15) is 0 Å². The number of rotatable bonds is 5. The van der Waals surface area contributed by atoms with Crippen LogP contribution in [-0.2, 0) is 20.5 Å². The van der Waals surface area contributed by atoms with Crippen LogP contribution in [0.1, 0.15) is 15.9 Å². The molecule has 1 N–H and O–H groups in total. The summed E-state index contributed by atoms with van der Waals surface area (Å²) in [4.78, 5) is 24.2. The second-order valence-corrected chi connectivity index (χ2v) is 5.96. The summed E-state index contributed by atoms with van der Waals surface area (Å²) < 4.78 is 8.39. The van der Waals surface area contributed by atoms with Crippen molar-refractivity contribution >= 4 is 16.9 Å². The lowest BCUT2D eigenvalue weighted by Gasteiger charge is -2.07. The lowest BCUT2D eigenvalue weighted by Crippen LogP contribution is -2.25. The Morgan fingerprint density at radius 3 is 2.60 bits per heavy atom. The molecule has 0 radical (unpaired) electrons. The maximum Gasteiger partial charge on any atom is 0.328 e. The third kappa shape index (κ3) is 3.28. The number of amides is 1. The highest BCUT2D eigenvalue weighted by Crippen LogP contribution is 2.15. The monoisotopic (exact) mass is 339 g/mol. The van der Waals surface area contributed by atoms with Gasteiger partial charge in [0.2, 0.25) is 0 Å². The Hall–Kier alpha value is -3.02. The highest BCUT2D eigenvalue weighted by atomic mass is 16.5. The smallest absolute Gasteiger partial charge is 0.328 e. The summed E-state index contributed by atoms with van der Waals surface area (Å²) >= 11 is 0. The fourth-order valence-corrected chi connectivity index (χ4v) is 2.89. The molecular formula is C19H21N3O3. The molecular weight excluding hydrogens is 318 g/mol. The number of carbonyl (C=O) groups excluding carboxylic acids is 1. The van der Waals surface area contributed by atoms with Gasteiger partial charge in [0.05, 0.1) is 18.1 Å². The third-order valence-corrected chi connectivity index (χ3v) is 4.37. The molecule has 3 rings (SSSR count). The fraction of sp³-hybridized carbons (Fsp3) is 0.263. The van der Waals surface area contributed by atoms with Crippen LogP contribution in [0.25, 0.3) is 11.0 Å². The van der Waals surface area contributed by atoms with Gasteiger partial charge in [-0.15, -0.1) is 0 Å². The second-order valence-electron chi connectivity index (χ2n) is 5.96. The summed E-state index contributed by atoms with van der Waals surface area (Å²) in [6.07, 6.45) is 0.689. The maximum absolute atomic E-state index is 12.2. The van der Waals surface area contributed by atoms with Crippen LogP contribution in [0.3, 0.4) is 0 Å². The minimum Gasteiger partial charge on any atom is -0.497 e. The van der Waals surface area contributed by atoms with E-state index in [9.17, 15) is 9.59 Å². The molecule has 3 aromatic rings. The van der Waals surface area contributed by atoms with Crippen molar-refractivity contribution in [3.8, 4) is 5.75 Å². The third-order valence-electron chi connectivity index (χ3n) is 4.37. The van der Waals surface area contributed by atoms with E-state index < -0.39 is 0 Å². The highest BCUT2D eigenvalue weighted by molar-refractivity contribution is 5.94. The van der Waals surface area contributed by atoms with E-state index in [-0.39, 0.29) is 11.6 Å². The van der Waals surface area contributed by atoms with Gasteiger partial charge in [0, 0.05) is 26.2 Å². The summed E-state index contributed by atoms with van der Waals surface area (Å²) in [7, 11) is 5.10. The quantitative estimate of drug-likeness (QED) is 0.772. The number of benzene rings is 2. The molecule has 6 nitrogen and oxygen atoms in total. The number of hydrogen-bond acceptors (Lipinski definition) is 3. The number of fused-ring (bicyclic) bond motifs is 1. The molecule has 25 heavy (non-hydrogen) atoms. The van der Waals surface area contributed by atoms with E-state index in [1.54, 1.807) is 54.6 Å². The topological polar surface area (TPSA) is 65.3 Å². The molecule has 1 heterocycles. The Morgan fingerprint density at radius 2 is 1.84 bits per heavy atom. The molecule has 2 aromatic carbocycles. The molecule has 0 aliphatic heterocycles. The van der Waals surface area contributed by atoms with Gasteiger partial charge in [-0.1, -0.05) is 12.1 Å². The van der Waals surface area contributed by atoms with E-state index in [1.807, 2.05) is 18.2 Å². The Kier molecular flexibility index (Phi) is 4.61. The van der Waals surface area contributed by atoms with Gasteiger partial charge in [-0.3, -0.25) is 13.9 Å². The van der Waals surface area contributed by atoms with Gasteiger partial charge in [-0.25, -0.2) is 4.79 Å². The SMILES string of the molecule is COc1cccc(C(=O)NCCc2ccc3c(c2)n(C)c(=O)n3C)c1. The Bertz CT molecular complexity index is 985. The summed E-state index contributed by atoms with van der Waals surface area (Å²) in [6, 6.07) is 13.0. The number of carbonyl (C=O) groups is 1. The fourth-order valence-electron chi connectivity index (χ4n) is 2.89. The van der Waals surface area contributed by atoms with Crippen molar-refractivity contribution in [2.75, 3.05) is 13.7 Å². The summed E-state index contributed by atoms with van der Waals surface area (Å²) in [5.41, 5.74) is 3.39. The summed E-state index contributed by atoms with van der Waals surface area (Å²) in [5, 5.41) is 2.91. The Balaban J connectivity index is 1.67. The maximum atomic E-state index is 12.2. The predicted octanol–water partition coefficient (Wildman–Crippen LogP) is 1.86. The number of hydrogen-bond donors (Lipinski definition) is 1. The van der Waals surface area contributed by atoms with Crippen LogP contribution in [0.15, 0.2) is 47.3 Å². The minimum atomic E-state index is -0.132. The zero-order valence-corrected chi connectivity index (χ0v) is 14.6. The normalized spacial score (nSPS) is 10.8. The molecule has 0 saturated carbocycles. The molecule has 130 valence electrons. The zero-order chi connectivity index (χ0) is 18.0. The first-order chi connectivity index (χ1) is 12.0. The lowest BCUT2D eigenvalue weighted by atomic mass is 10.1.